The largest absolute Gasteiger partial charge is 0.495 e. The van der Waals surface area contributed by atoms with Crippen LogP contribution in [0, 0.1) is 5.92 Å². The van der Waals surface area contributed by atoms with Crippen molar-refractivity contribution in [2.45, 2.75) is 52.7 Å². The second kappa shape index (κ2) is 8.81. The van der Waals surface area contributed by atoms with Gasteiger partial charge in [-0.05, 0) is 45.4 Å². The number of nitrogens with two attached hydrogens (primary N) is 1. The highest BCUT2D eigenvalue weighted by Gasteiger charge is 2.56. The van der Waals surface area contributed by atoms with Gasteiger partial charge in [-0.15, -0.1) is 0 Å². The van der Waals surface area contributed by atoms with Crippen molar-refractivity contribution in [1.82, 2.24) is 9.55 Å². The summed E-state index contributed by atoms with van der Waals surface area (Å²) >= 11 is 0. The average molecular weight is 390 g/mol. The van der Waals surface area contributed by atoms with E-state index in [0.717, 1.165) is 0 Å². The van der Waals surface area contributed by atoms with E-state index in [2.05, 4.69) is 15.0 Å². The molecule has 1 aliphatic heterocycles. The lowest BCUT2D eigenvalue weighted by Crippen LogP contribution is -2.44. The summed E-state index contributed by atoms with van der Waals surface area (Å²) in [7, 11) is 0. The van der Waals surface area contributed by atoms with Crippen molar-refractivity contribution in [1.29, 1.82) is 0 Å². The molecule has 152 valence electrons. The smallest absolute Gasteiger partial charge is 0.351 e. The predicted molar refractivity (Wildman–Crippen MR) is 104 cm³/mol. The van der Waals surface area contributed by atoms with E-state index < -0.39 is 23.7 Å². The number of nitrogen functional groups attached to an aromatic ring is 1. The minimum atomic E-state index is -1.48. The Balaban J connectivity index is 2.52. The van der Waals surface area contributed by atoms with Gasteiger partial charge >= 0.3 is 5.69 Å². The Morgan fingerprint density at radius 2 is 2.14 bits per heavy atom. The van der Waals surface area contributed by atoms with Gasteiger partial charge in [0.2, 0.25) is 5.72 Å². The molecule has 0 radical (unpaired) electrons. The van der Waals surface area contributed by atoms with Crippen LogP contribution in [-0.4, -0.2) is 28.0 Å². The lowest BCUT2D eigenvalue weighted by molar-refractivity contribution is -0.133. The van der Waals surface area contributed by atoms with E-state index in [4.69, 9.17) is 19.9 Å². The van der Waals surface area contributed by atoms with E-state index in [0.29, 0.717) is 11.5 Å². The highest BCUT2D eigenvalue weighted by molar-refractivity contribution is 5.23. The lowest BCUT2D eigenvalue weighted by atomic mass is 9.97. The first-order chi connectivity index (χ1) is 13.3. The molecule has 0 amide bonds. The number of allylic oxidation sites excluding steroid dienone is 4. The van der Waals surface area contributed by atoms with E-state index in [1.807, 2.05) is 20.8 Å². The van der Waals surface area contributed by atoms with Gasteiger partial charge < -0.3 is 19.9 Å². The summed E-state index contributed by atoms with van der Waals surface area (Å²) in [4.78, 5) is 19.0. The average Bonchev–Trinajstić information content (AvgIpc) is 2.92. The first kappa shape index (κ1) is 21.3. The Kier molecular flexibility index (Phi) is 6.71. The maximum absolute atomic E-state index is 12.3. The van der Waals surface area contributed by atoms with Gasteiger partial charge in [0.05, 0.1) is 11.5 Å². The molecule has 1 aliphatic rings. The molecule has 10 nitrogen and oxygen atoms in total. The first-order valence-corrected chi connectivity index (χ1v) is 8.92. The van der Waals surface area contributed by atoms with Crippen LogP contribution in [0.1, 0.15) is 40.8 Å². The van der Waals surface area contributed by atoms with Crippen molar-refractivity contribution >= 4 is 5.82 Å². The van der Waals surface area contributed by atoms with E-state index in [1.165, 1.54) is 16.8 Å². The summed E-state index contributed by atoms with van der Waals surface area (Å²) in [5.74, 6) is 1.01. The Morgan fingerprint density at radius 1 is 1.46 bits per heavy atom. The number of aromatic nitrogens is 2. The minimum absolute atomic E-state index is 0.0765. The number of rotatable bonds is 7. The maximum Gasteiger partial charge on any atom is 0.351 e. The van der Waals surface area contributed by atoms with Crippen molar-refractivity contribution in [2.24, 2.45) is 11.0 Å². The maximum atomic E-state index is 12.3. The van der Waals surface area contributed by atoms with Gasteiger partial charge in [-0.3, -0.25) is 4.57 Å². The zero-order valence-corrected chi connectivity index (χ0v) is 16.7. The molecule has 1 aromatic rings. The van der Waals surface area contributed by atoms with Crippen LogP contribution in [0.5, 0.6) is 0 Å². The van der Waals surface area contributed by atoms with Crippen LogP contribution in [0.2, 0.25) is 0 Å². The number of anilines is 1. The summed E-state index contributed by atoms with van der Waals surface area (Å²) in [6.45, 7) is 8.99. The zero-order chi connectivity index (χ0) is 20.9. The molecule has 0 bridgehead atoms. The van der Waals surface area contributed by atoms with Crippen LogP contribution in [0.3, 0.4) is 0 Å². The third kappa shape index (κ3) is 4.29. The van der Waals surface area contributed by atoms with Crippen molar-refractivity contribution < 1.29 is 14.2 Å². The highest BCUT2D eigenvalue weighted by atomic mass is 16.6. The summed E-state index contributed by atoms with van der Waals surface area (Å²) in [5.41, 5.74) is 12.7. The van der Waals surface area contributed by atoms with E-state index in [1.54, 1.807) is 26.0 Å². The van der Waals surface area contributed by atoms with Gasteiger partial charge in [-0.2, -0.15) is 4.98 Å². The standard InChI is InChI=1S/C18H26N6O4/c1-6-11(3)26-10-18(22-23-20)15(27-12(4)7-2)13(5)16(28-18)24-9-8-14(19)21-17(24)25/h6-9,13,15-16H,10H2,1-5H3,(H2,19,21,25)/b11-6-,12-7-/t13-,15-,16+,18+/m0/s1. The highest BCUT2D eigenvalue weighted by Crippen LogP contribution is 2.45. The van der Waals surface area contributed by atoms with Crippen molar-refractivity contribution in [2.75, 3.05) is 12.3 Å². The SMILES string of the molecule is C/C=C(/C)OC[C@@]1(N=[N+]=[N-])O[C@@H](n2ccc(N)nc2=O)[C@@H](C)[C@@H]1O/C(C)=C\C. The molecule has 0 saturated carbocycles. The van der Waals surface area contributed by atoms with Gasteiger partial charge in [0, 0.05) is 17.0 Å². The van der Waals surface area contributed by atoms with E-state index >= 15 is 0 Å². The summed E-state index contributed by atoms with van der Waals surface area (Å²) in [6, 6.07) is 1.50. The molecule has 1 aromatic heterocycles. The first-order valence-electron chi connectivity index (χ1n) is 8.92. The third-order valence-electron chi connectivity index (χ3n) is 4.67. The molecule has 1 saturated heterocycles. The Bertz CT molecular complexity index is 873. The molecule has 0 aromatic carbocycles. The predicted octanol–water partition coefficient (Wildman–Crippen LogP) is 3.25. The zero-order valence-electron chi connectivity index (χ0n) is 16.7. The fraction of sp³-hybridized carbons (Fsp3) is 0.556. The molecule has 0 spiro atoms. The Hall–Kier alpha value is -2.97. The van der Waals surface area contributed by atoms with Crippen molar-refractivity contribution in [3.8, 4) is 0 Å². The van der Waals surface area contributed by atoms with Crippen LogP contribution in [0.25, 0.3) is 10.4 Å². The quantitative estimate of drug-likeness (QED) is 0.328. The molecule has 0 unspecified atom stereocenters. The third-order valence-corrected chi connectivity index (χ3v) is 4.67. The molecular formula is C18H26N6O4. The number of ether oxygens (including phenoxy) is 3. The fourth-order valence-electron chi connectivity index (χ4n) is 2.94. The van der Waals surface area contributed by atoms with Crippen LogP contribution >= 0.6 is 0 Å². The van der Waals surface area contributed by atoms with Crippen LogP contribution in [0.4, 0.5) is 5.82 Å². The Morgan fingerprint density at radius 3 is 2.71 bits per heavy atom. The fourth-order valence-corrected chi connectivity index (χ4v) is 2.94. The molecule has 2 rings (SSSR count). The second-order valence-corrected chi connectivity index (χ2v) is 6.57. The normalized spacial score (nSPS) is 28.0. The van der Waals surface area contributed by atoms with Crippen molar-refractivity contribution in [3.63, 3.8) is 0 Å². The molecular weight excluding hydrogens is 364 g/mol. The van der Waals surface area contributed by atoms with Crippen LogP contribution in [0.15, 0.2) is 45.8 Å². The molecule has 4 atom stereocenters. The van der Waals surface area contributed by atoms with Gasteiger partial charge in [-0.1, -0.05) is 18.1 Å². The molecule has 28 heavy (non-hydrogen) atoms. The second-order valence-electron chi connectivity index (χ2n) is 6.57. The summed E-state index contributed by atoms with van der Waals surface area (Å²) < 4.78 is 19.2. The van der Waals surface area contributed by atoms with Gasteiger partial charge in [0.15, 0.2) is 0 Å². The number of nitrogens with zero attached hydrogens (tertiary/aromatic N) is 5. The molecule has 2 N–H and O–H groups in total. The number of hydrogen-bond acceptors (Lipinski definition) is 7. The van der Waals surface area contributed by atoms with Gasteiger partial charge in [0.25, 0.3) is 0 Å². The van der Waals surface area contributed by atoms with Gasteiger partial charge in [0.1, 0.15) is 24.8 Å². The lowest BCUT2D eigenvalue weighted by Gasteiger charge is -2.31. The summed E-state index contributed by atoms with van der Waals surface area (Å²) in [5, 5.41) is 3.90. The van der Waals surface area contributed by atoms with Crippen LogP contribution in [-0.2, 0) is 14.2 Å². The monoisotopic (exact) mass is 390 g/mol. The van der Waals surface area contributed by atoms with E-state index in [-0.39, 0.29) is 18.3 Å². The topological polar surface area (TPSA) is 137 Å². The molecule has 1 fully saturated rings. The number of hydrogen-bond donors (Lipinski definition) is 1. The minimum Gasteiger partial charge on any atom is -0.495 e. The number of azide groups is 1. The van der Waals surface area contributed by atoms with Crippen molar-refractivity contribution in [3.05, 3.63) is 56.9 Å². The van der Waals surface area contributed by atoms with Crippen LogP contribution < -0.4 is 11.4 Å². The van der Waals surface area contributed by atoms with E-state index in [9.17, 15) is 10.3 Å². The molecule has 2 heterocycles. The summed E-state index contributed by atoms with van der Waals surface area (Å²) in [6.07, 6.45) is 3.58. The Labute approximate surface area is 163 Å². The molecule has 10 heteroatoms. The van der Waals surface area contributed by atoms with Gasteiger partial charge in [-0.25, -0.2) is 4.79 Å². The molecule has 0 aliphatic carbocycles.